The average molecular weight is 426 g/mol. The van der Waals surface area contributed by atoms with E-state index in [1.54, 1.807) is 31.3 Å². The van der Waals surface area contributed by atoms with Crippen LogP contribution in [0.25, 0.3) is 10.9 Å². The third kappa shape index (κ3) is 3.11. The molecule has 0 saturated carbocycles. The summed E-state index contributed by atoms with van der Waals surface area (Å²) in [5, 5.41) is 31.7. The number of anilines is 1. The summed E-state index contributed by atoms with van der Waals surface area (Å²) >= 11 is 6.02. The van der Waals surface area contributed by atoms with Gasteiger partial charge in [-0.3, -0.25) is 5.10 Å². The zero-order valence-corrected chi connectivity index (χ0v) is 16.1. The number of H-pyrrole nitrogens is 1. The second kappa shape index (κ2) is 6.81. The molecule has 29 heavy (non-hydrogen) atoms. The molecule has 0 aliphatic heterocycles. The van der Waals surface area contributed by atoms with Gasteiger partial charge in [-0.15, -0.1) is 0 Å². The third-order valence-corrected chi connectivity index (χ3v) is 6.00. The molecular formula is C20H19ClF3N3O2. The van der Waals surface area contributed by atoms with Crippen molar-refractivity contribution in [2.24, 2.45) is 0 Å². The number of halogens is 4. The van der Waals surface area contributed by atoms with E-state index in [0.29, 0.717) is 23.1 Å². The van der Waals surface area contributed by atoms with E-state index in [1.165, 1.54) is 12.1 Å². The van der Waals surface area contributed by atoms with Gasteiger partial charge in [-0.2, -0.15) is 18.3 Å². The van der Waals surface area contributed by atoms with Crippen molar-refractivity contribution in [1.82, 2.24) is 10.2 Å². The maximum absolute atomic E-state index is 14.1. The lowest BCUT2D eigenvalue weighted by Crippen LogP contribution is -2.55. The molecule has 1 aromatic heterocycles. The Morgan fingerprint density at radius 3 is 2.76 bits per heavy atom. The number of aromatic nitrogens is 2. The van der Waals surface area contributed by atoms with Gasteiger partial charge in [-0.1, -0.05) is 24.6 Å². The first-order valence-electron chi connectivity index (χ1n) is 9.15. The van der Waals surface area contributed by atoms with Crippen molar-refractivity contribution in [2.75, 3.05) is 5.32 Å². The monoisotopic (exact) mass is 425 g/mol. The van der Waals surface area contributed by atoms with E-state index in [0.717, 1.165) is 5.52 Å². The number of phenols is 1. The van der Waals surface area contributed by atoms with Crippen LogP contribution in [0.1, 0.15) is 42.9 Å². The minimum absolute atomic E-state index is 0.0678. The highest BCUT2D eigenvalue weighted by atomic mass is 35.5. The van der Waals surface area contributed by atoms with E-state index in [2.05, 4.69) is 15.5 Å². The maximum Gasteiger partial charge on any atom is 0.419 e. The molecule has 1 heterocycles. The molecule has 1 aliphatic rings. The quantitative estimate of drug-likeness (QED) is 0.461. The first kappa shape index (κ1) is 19.8. The minimum Gasteiger partial charge on any atom is -0.506 e. The van der Waals surface area contributed by atoms with Crippen molar-refractivity contribution >= 4 is 28.2 Å². The number of aromatic amines is 1. The van der Waals surface area contributed by atoms with Crippen LogP contribution in [-0.4, -0.2) is 32.2 Å². The Kier molecular flexibility index (Phi) is 4.66. The maximum atomic E-state index is 14.1. The molecule has 0 bridgehead atoms. The number of alkyl halides is 3. The summed E-state index contributed by atoms with van der Waals surface area (Å²) in [5.41, 5.74) is -1.37. The van der Waals surface area contributed by atoms with E-state index in [1.807, 2.05) is 0 Å². The Morgan fingerprint density at radius 1 is 1.31 bits per heavy atom. The normalized spacial score (nSPS) is 24.5. The fourth-order valence-electron chi connectivity index (χ4n) is 4.15. The van der Waals surface area contributed by atoms with E-state index in [4.69, 9.17) is 11.6 Å². The molecule has 0 spiro atoms. The third-order valence-electron chi connectivity index (χ3n) is 5.69. The lowest BCUT2D eigenvalue weighted by Gasteiger charge is -2.45. The number of nitrogens with one attached hydrogen (secondary N) is 2. The molecule has 0 radical (unpaired) electrons. The number of rotatable bonds is 3. The van der Waals surface area contributed by atoms with Gasteiger partial charge in [-0.25, -0.2) is 0 Å². The van der Waals surface area contributed by atoms with Crippen LogP contribution in [0.15, 0.2) is 36.5 Å². The number of nitrogens with zero attached hydrogens (tertiary/aromatic N) is 1. The van der Waals surface area contributed by atoms with Gasteiger partial charge >= 0.3 is 6.18 Å². The Labute approximate surface area is 169 Å². The van der Waals surface area contributed by atoms with Crippen molar-refractivity contribution in [3.8, 4) is 5.75 Å². The fourth-order valence-corrected chi connectivity index (χ4v) is 4.32. The summed E-state index contributed by atoms with van der Waals surface area (Å²) in [6, 6.07) is 6.21. The predicted octanol–water partition coefficient (Wildman–Crippen LogP) is 5.27. The standard InChI is InChI=1S/C20H19ClF3N3O2/c1-2-10-8-19(29,20(22,23)24)18(13-4-5-14(21)17(28)16(10)13)26-12-3-6-15-11(7-12)9-25-27-15/h3-7,9-10,18,26,28-29H,2,8H2,1H3,(H,25,27)/t10-,18-,19+/m0/s1. The van der Waals surface area contributed by atoms with Gasteiger partial charge in [-0.05, 0) is 48.6 Å². The topological polar surface area (TPSA) is 81.2 Å². The lowest BCUT2D eigenvalue weighted by molar-refractivity contribution is -0.272. The molecule has 0 unspecified atom stereocenters. The van der Waals surface area contributed by atoms with Crippen LogP contribution < -0.4 is 5.32 Å². The molecule has 1 aliphatic carbocycles. The van der Waals surface area contributed by atoms with Crippen LogP contribution in [0, 0.1) is 0 Å². The fraction of sp³-hybridized carbons (Fsp3) is 0.350. The molecule has 3 atom stereocenters. The van der Waals surface area contributed by atoms with E-state index < -0.39 is 30.2 Å². The zero-order chi connectivity index (χ0) is 21.0. The summed E-state index contributed by atoms with van der Waals surface area (Å²) in [5.74, 6) is -0.929. The van der Waals surface area contributed by atoms with Gasteiger partial charge in [0.2, 0.25) is 0 Å². The Morgan fingerprint density at radius 2 is 2.07 bits per heavy atom. The van der Waals surface area contributed by atoms with Crippen molar-refractivity contribution in [2.45, 2.75) is 43.5 Å². The lowest BCUT2D eigenvalue weighted by atomic mass is 9.69. The van der Waals surface area contributed by atoms with Gasteiger partial charge in [0.1, 0.15) is 5.75 Å². The number of aromatic hydroxyl groups is 1. The zero-order valence-electron chi connectivity index (χ0n) is 15.4. The van der Waals surface area contributed by atoms with E-state index in [-0.39, 0.29) is 16.3 Å². The summed E-state index contributed by atoms with van der Waals surface area (Å²) in [7, 11) is 0. The summed E-state index contributed by atoms with van der Waals surface area (Å²) < 4.78 is 42.2. The summed E-state index contributed by atoms with van der Waals surface area (Å²) in [4.78, 5) is 0. The molecular weight excluding hydrogens is 407 g/mol. The van der Waals surface area contributed by atoms with Gasteiger partial charge in [0.25, 0.3) is 0 Å². The Balaban J connectivity index is 1.88. The van der Waals surface area contributed by atoms with Crippen LogP contribution >= 0.6 is 11.6 Å². The van der Waals surface area contributed by atoms with Gasteiger partial charge in [0, 0.05) is 16.6 Å². The molecule has 5 nitrogen and oxygen atoms in total. The minimum atomic E-state index is -4.88. The van der Waals surface area contributed by atoms with Crippen molar-refractivity contribution in [3.05, 3.63) is 52.7 Å². The average Bonchev–Trinajstić information content (AvgIpc) is 3.13. The first-order chi connectivity index (χ1) is 13.7. The largest absolute Gasteiger partial charge is 0.506 e. The van der Waals surface area contributed by atoms with E-state index >= 15 is 0 Å². The van der Waals surface area contributed by atoms with Crippen molar-refractivity contribution in [1.29, 1.82) is 0 Å². The molecule has 2 aromatic carbocycles. The van der Waals surface area contributed by atoms with Crippen LogP contribution in [0.3, 0.4) is 0 Å². The van der Waals surface area contributed by atoms with Crippen molar-refractivity contribution in [3.63, 3.8) is 0 Å². The molecule has 3 aromatic rings. The van der Waals surface area contributed by atoms with E-state index in [9.17, 15) is 23.4 Å². The molecule has 9 heteroatoms. The van der Waals surface area contributed by atoms with Crippen LogP contribution in [0.5, 0.6) is 5.75 Å². The highest BCUT2D eigenvalue weighted by Crippen LogP contribution is 2.55. The smallest absolute Gasteiger partial charge is 0.419 e. The molecule has 4 rings (SSSR count). The highest BCUT2D eigenvalue weighted by Gasteiger charge is 2.62. The molecule has 0 fully saturated rings. The van der Waals surface area contributed by atoms with Crippen LogP contribution in [-0.2, 0) is 0 Å². The van der Waals surface area contributed by atoms with Crippen LogP contribution in [0.2, 0.25) is 5.02 Å². The number of aliphatic hydroxyl groups is 1. The van der Waals surface area contributed by atoms with Crippen LogP contribution in [0.4, 0.5) is 18.9 Å². The Hall–Kier alpha value is -2.45. The SMILES string of the molecule is CC[C@H]1C[C@](O)(C(F)(F)F)[C@@H](Nc2ccc3[nH]ncc3c2)c2ccc(Cl)c(O)c21. The van der Waals surface area contributed by atoms with Crippen molar-refractivity contribution < 1.29 is 23.4 Å². The molecule has 4 N–H and O–H groups in total. The highest BCUT2D eigenvalue weighted by molar-refractivity contribution is 6.32. The Bertz CT molecular complexity index is 1070. The molecule has 0 saturated heterocycles. The summed E-state index contributed by atoms with van der Waals surface area (Å²) in [6.07, 6.45) is -3.60. The predicted molar refractivity (Wildman–Crippen MR) is 104 cm³/mol. The van der Waals surface area contributed by atoms with Gasteiger partial charge < -0.3 is 15.5 Å². The van der Waals surface area contributed by atoms with Gasteiger partial charge in [0.15, 0.2) is 5.60 Å². The number of hydrogen-bond acceptors (Lipinski definition) is 4. The molecule has 0 amide bonds. The second-order valence-electron chi connectivity index (χ2n) is 7.38. The number of hydrogen-bond donors (Lipinski definition) is 4. The number of phenolic OH excluding ortho intramolecular Hbond substituents is 1. The second-order valence-corrected chi connectivity index (χ2v) is 7.79. The van der Waals surface area contributed by atoms with Gasteiger partial charge in [0.05, 0.1) is 22.8 Å². The number of benzene rings is 2. The molecule has 154 valence electrons. The number of fused-ring (bicyclic) bond motifs is 2. The summed E-state index contributed by atoms with van der Waals surface area (Å²) in [6.45, 7) is 1.71. The first-order valence-corrected chi connectivity index (χ1v) is 9.53.